The van der Waals surface area contributed by atoms with Crippen LogP contribution in [-0.2, 0) is 31.6 Å². The van der Waals surface area contributed by atoms with Crippen molar-refractivity contribution in [3.05, 3.63) is 12.4 Å². The first-order chi connectivity index (χ1) is 15.3. The van der Waals surface area contributed by atoms with Crippen LogP contribution in [0, 0.1) is 0 Å². The zero-order chi connectivity index (χ0) is 24.2. The minimum atomic E-state index is -5.68. The van der Waals surface area contributed by atoms with Crippen LogP contribution in [0.3, 0.4) is 0 Å². The first kappa shape index (κ1) is 25.2. The second-order valence-electron chi connectivity index (χ2n) is 7.38. The fourth-order valence-corrected chi connectivity index (χ4v) is 6.87. The molecule has 0 aromatic heterocycles. The summed E-state index contributed by atoms with van der Waals surface area (Å²) < 4.78 is 51.2. The van der Waals surface area contributed by atoms with Gasteiger partial charge in [-0.1, -0.05) is 0 Å². The van der Waals surface area contributed by atoms with E-state index in [0.717, 1.165) is 0 Å². The van der Waals surface area contributed by atoms with Gasteiger partial charge in [0.2, 0.25) is 0 Å². The van der Waals surface area contributed by atoms with Gasteiger partial charge in [-0.25, -0.2) is 13.7 Å². The Hall–Kier alpha value is -0.940. The Morgan fingerprint density at radius 2 is 1.79 bits per heavy atom. The van der Waals surface area contributed by atoms with Crippen LogP contribution in [0.15, 0.2) is 17.4 Å². The number of aliphatic hydroxyl groups excluding tert-OH is 2. The molecule has 18 nitrogen and oxygen atoms in total. The van der Waals surface area contributed by atoms with Gasteiger partial charge in [-0.05, 0) is 0 Å². The van der Waals surface area contributed by atoms with Crippen molar-refractivity contribution in [3.8, 4) is 0 Å². The third-order valence-corrected chi connectivity index (χ3v) is 8.97. The number of hydrogen-bond acceptors (Lipinski definition) is 14. The number of fused-ring (bicyclic) bond motifs is 3. The molecule has 4 aliphatic rings. The normalized spacial score (nSPS) is 39.2. The lowest BCUT2D eigenvalue weighted by Gasteiger charge is -2.42. The number of hydrogen-bond donors (Lipinski definition) is 8. The molecule has 0 aromatic carbocycles. The third kappa shape index (κ3) is 5.50. The third-order valence-electron chi connectivity index (χ3n) is 5.16. The largest absolute Gasteiger partial charge is 0.490 e. The van der Waals surface area contributed by atoms with E-state index < -0.39 is 60.8 Å². The van der Waals surface area contributed by atoms with Gasteiger partial charge in [0.15, 0.2) is 6.23 Å². The summed E-state index contributed by atoms with van der Waals surface area (Å²) in [5.74, 6) is 0. The van der Waals surface area contributed by atoms with Gasteiger partial charge in [0.05, 0.1) is 19.6 Å². The molecule has 0 bridgehead atoms. The Balaban J connectivity index is 1.35. The SMILES string of the molecule is O=P(O)(O)OP(=O)(O)OP(=O)(O)OCC1OC(N2C=NC3C4NC=CN4CNC32)C(O)C1O. The fraction of sp³-hybridized carbons (Fsp3) is 0.750. The highest BCUT2D eigenvalue weighted by Crippen LogP contribution is 2.66. The van der Waals surface area contributed by atoms with E-state index in [1.54, 1.807) is 11.1 Å². The number of phosphoric acid groups is 3. The molecule has 0 aromatic rings. The average Bonchev–Trinajstić information content (AvgIpc) is 3.35. The molecule has 0 radical (unpaired) electrons. The summed E-state index contributed by atoms with van der Waals surface area (Å²) in [7, 11) is -16.6. The topological polar surface area (TPSA) is 252 Å². The number of nitrogens with one attached hydrogen (secondary N) is 2. The van der Waals surface area contributed by atoms with E-state index in [-0.39, 0.29) is 12.2 Å². The number of ether oxygens (including phenoxy) is 1. The number of nitrogens with zero attached hydrogens (tertiary/aromatic N) is 3. The summed E-state index contributed by atoms with van der Waals surface area (Å²) in [4.78, 5) is 43.8. The molecule has 33 heavy (non-hydrogen) atoms. The number of phosphoric ester groups is 1. The summed E-state index contributed by atoms with van der Waals surface area (Å²) in [5.41, 5.74) is 0. The molecule has 9 unspecified atom stereocenters. The van der Waals surface area contributed by atoms with Gasteiger partial charge in [0.1, 0.15) is 36.7 Å². The Morgan fingerprint density at radius 3 is 2.48 bits per heavy atom. The molecule has 8 N–H and O–H groups in total. The summed E-state index contributed by atoms with van der Waals surface area (Å²) in [6, 6.07) is -0.282. The lowest BCUT2D eigenvalue weighted by Crippen LogP contribution is -2.66. The van der Waals surface area contributed by atoms with Crippen LogP contribution in [0.5, 0.6) is 0 Å². The van der Waals surface area contributed by atoms with Crippen LogP contribution in [0.1, 0.15) is 0 Å². The minimum Gasteiger partial charge on any atom is -0.387 e. The number of aliphatic hydroxyl groups is 2. The predicted molar refractivity (Wildman–Crippen MR) is 104 cm³/mol. The van der Waals surface area contributed by atoms with Crippen LogP contribution in [0.4, 0.5) is 0 Å². The molecular weight excluding hydrogens is 515 g/mol. The van der Waals surface area contributed by atoms with Crippen LogP contribution in [0.2, 0.25) is 0 Å². The van der Waals surface area contributed by atoms with E-state index in [2.05, 4.69) is 28.8 Å². The number of rotatable bonds is 8. The van der Waals surface area contributed by atoms with Crippen molar-refractivity contribution in [2.24, 2.45) is 4.99 Å². The lowest BCUT2D eigenvalue weighted by atomic mass is 10.1. The summed E-state index contributed by atoms with van der Waals surface area (Å²) >= 11 is 0. The molecule has 0 saturated carbocycles. The van der Waals surface area contributed by atoms with Crippen LogP contribution < -0.4 is 10.6 Å². The molecule has 4 heterocycles. The van der Waals surface area contributed by atoms with Crippen molar-refractivity contribution in [1.82, 2.24) is 20.4 Å². The van der Waals surface area contributed by atoms with E-state index in [4.69, 9.17) is 14.5 Å². The van der Waals surface area contributed by atoms with Gasteiger partial charge in [0, 0.05) is 12.4 Å². The zero-order valence-corrected chi connectivity index (χ0v) is 19.1. The van der Waals surface area contributed by atoms with Crippen LogP contribution in [-0.4, -0.2) is 102 Å². The summed E-state index contributed by atoms with van der Waals surface area (Å²) in [6.45, 7) is -0.428. The molecule has 2 fully saturated rings. The van der Waals surface area contributed by atoms with Gasteiger partial charge in [0.25, 0.3) is 0 Å². The molecule has 2 saturated heterocycles. The first-order valence-corrected chi connectivity index (χ1v) is 13.8. The van der Waals surface area contributed by atoms with Gasteiger partial charge < -0.3 is 49.6 Å². The Bertz CT molecular complexity index is 961. The zero-order valence-electron chi connectivity index (χ0n) is 16.4. The van der Waals surface area contributed by atoms with Gasteiger partial charge >= 0.3 is 23.5 Å². The molecule has 0 spiro atoms. The van der Waals surface area contributed by atoms with Crippen molar-refractivity contribution in [1.29, 1.82) is 0 Å². The van der Waals surface area contributed by atoms with Crippen molar-refractivity contribution >= 4 is 29.8 Å². The maximum absolute atomic E-state index is 11.9. The molecule has 4 aliphatic heterocycles. The summed E-state index contributed by atoms with van der Waals surface area (Å²) in [6.07, 6.45) is -1.04. The first-order valence-electron chi connectivity index (χ1n) is 9.29. The molecule has 0 amide bonds. The van der Waals surface area contributed by atoms with E-state index in [0.29, 0.717) is 6.67 Å². The van der Waals surface area contributed by atoms with Gasteiger partial charge in [-0.15, -0.1) is 0 Å². The van der Waals surface area contributed by atoms with Crippen molar-refractivity contribution in [2.75, 3.05) is 13.3 Å². The highest BCUT2D eigenvalue weighted by molar-refractivity contribution is 7.66. The molecule has 188 valence electrons. The molecule has 21 heteroatoms. The quantitative estimate of drug-likeness (QED) is 0.144. The van der Waals surface area contributed by atoms with Crippen LogP contribution >= 0.6 is 23.5 Å². The molecule has 4 rings (SSSR count). The van der Waals surface area contributed by atoms with Crippen LogP contribution in [0.25, 0.3) is 0 Å². The molecular formula is C12H22N5O13P3. The highest BCUT2D eigenvalue weighted by atomic mass is 31.3. The smallest absolute Gasteiger partial charge is 0.387 e. The van der Waals surface area contributed by atoms with Crippen molar-refractivity contribution in [3.63, 3.8) is 0 Å². The maximum atomic E-state index is 11.9. The maximum Gasteiger partial charge on any atom is 0.490 e. The minimum absolute atomic E-state index is 0.123. The monoisotopic (exact) mass is 537 g/mol. The molecule has 9 atom stereocenters. The second-order valence-corrected chi connectivity index (χ2v) is 11.8. The van der Waals surface area contributed by atoms with E-state index >= 15 is 0 Å². The number of aliphatic imine (C=N–C) groups is 1. The van der Waals surface area contributed by atoms with Crippen molar-refractivity contribution < 1.29 is 61.4 Å². The Labute approximate surface area is 185 Å². The van der Waals surface area contributed by atoms with E-state index in [1.807, 2.05) is 11.1 Å². The Kier molecular flexibility index (Phi) is 6.81. The molecule has 0 aliphatic carbocycles. The summed E-state index contributed by atoms with van der Waals surface area (Å²) in [5, 5.41) is 27.1. The standard InChI is InChI=1S/C12H22N5O13P3/c18-8-6(3-27-32(23,24)30-33(25,26)29-31(20,21)22)28-12(9(8)19)17-5-14-7-10-13-1-2-16(10)4-15-11(7)17/h1-2,5-13,15,18-19H,3-4H2,(H,23,24)(H,25,26)(H2,20,21,22). The van der Waals surface area contributed by atoms with Gasteiger partial charge in [-0.2, -0.15) is 8.62 Å². The van der Waals surface area contributed by atoms with Crippen molar-refractivity contribution in [2.45, 2.75) is 42.9 Å². The Morgan fingerprint density at radius 1 is 1.06 bits per heavy atom. The predicted octanol–water partition coefficient (Wildman–Crippen LogP) is -2.92. The van der Waals surface area contributed by atoms with E-state index in [9.17, 15) is 33.7 Å². The second kappa shape index (κ2) is 8.93. The highest BCUT2D eigenvalue weighted by Gasteiger charge is 2.52. The van der Waals surface area contributed by atoms with Gasteiger partial charge in [-0.3, -0.25) is 14.8 Å². The average molecular weight is 537 g/mol. The van der Waals surface area contributed by atoms with E-state index in [1.165, 1.54) is 6.34 Å². The fourth-order valence-electron chi connectivity index (χ4n) is 3.84. The lowest BCUT2D eigenvalue weighted by molar-refractivity contribution is -0.0905.